The summed E-state index contributed by atoms with van der Waals surface area (Å²) in [4.78, 5) is 16.7. The fourth-order valence-corrected chi connectivity index (χ4v) is 3.41. The Labute approximate surface area is 172 Å². The van der Waals surface area contributed by atoms with Crippen molar-refractivity contribution in [1.29, 1.82) is 0 Å². The lowest BCUT2D eigenvalue weighted by Gasteiger charge is -2.34. The molecule has 10 heteroatoms. The number of ether oxygens (including phenoxy) is 1. The second-order valence-electron chi connectivity index (χ2n) is 7.16. The molecule has 0 atom stereocenters. The van der Waals surface area contributed by atoms with E-state index in [-0.39, 0.29) is 18.2 Å². The molecule has 0 N–H and O–H groups in total. The second kappa shape index (κ2) is 9.57. The zero-order chi connectivity index (χ0) is 21.7. The standard InChI is InChI=1S/C20H24F4N4O2/c1-15-16(13-25-28(15)18-6-3-2-5-17(18)21)19(29)27-10-8-26(9-11-27)7-4-12-30-14-20(22,23)24/h2-3,5-6,13H,4,7-12,14H2,1H3. The van der Waals surface area contributed by atoms with E-state index in [2.05, 4.69) is 14.7 Å². The van der Waals surface area contributed by atoms with Crippen LogP contribution >= 0.6 is 0 Å². The Morgan fingerprint density at radius 1 is 1.17 bits per heavy atom. The maximum Gasteiger partial charge on any atom is 0.411 e. The van der Waals surface area contributed by atoms with Gasteiger partial charge >= 0.3 is 6.18 Å². The van der Waals surface area contributed by atoms with Crippen LogP contribution < -0.4 is 0 Å². The van der Waals surface area contributed by atoms with Crippen molar-refractivity contribution < 1.29 is 27.1 Å². The summed E-state index contributed by atoms with van der Waals surface area (Å²) >= 11 is 0. The van der Waals surface area contributed by atoms with Crippen LogP contribution in [-0.2, 0) is 4.74 Å². The molecule has 6 nitrogen and oxygen atoms in total. The Morgan fingerprint density at radius 3 is 2.53 bits per heavy atom. The quantitative estimate of drug-likeness (QED) is 0.503. The first kappa shape index (κ1) is 22.2. The number of nitrogens with zero attached hydrogens (tertiary/aromatic N) is 4. The summed E-state index contributed by atoms with van der Waals surface area (Å²) < 4.78 is 56.2. The number of benzene rings is 1. The number of piperazine rings is 1. The summed E-state index contributed by atoms with van der Waals surface area (Å²) in [6, 6.07) is 6.23. The molecule has 1 saturated heterocycles. The van der Waals surface area contributed by atoms with E-state index in [9.17, 15) is 22.4 Å². The maximum absolute atomic E-state index is 14.0. The van der Waals surface area contributed by atoms with Gasteiger partial charge in [-0.25, -0.2) is 9.07 Å². The van der Waals surface area contributed by atoms with Crippen molar-refractivity contribution >= 4 is 5.91 Å². The first-order valence-electron chi connectivity index (χ1n) is 9.72. The van der Waals surface area contributed by atoms with E-state index in [1.165, 1.54) is 16.9 Å². The highest BCUT2D eigenvalue weighted by Crippen LogP contribution is 2.19. The number of aromatic nitrogens is 2. The number of rotatable bonds is 7. The molecule has 1 fully saturated rings. The predicted molar refractivity (Wildman–Crippen MR) is 102 cm³/mol. The monoisotopic (exact) mass is 428 g/mol. The molecule has 1 aliphatic heterocycles. The minimum absolute atomic E-state index is 0.0487. The highest BCUT2D eigenvalue weighted by atomic mass is 19.4. The van der Waals surface area contributed by atoms with Crippen molar-refractivity contribution in [3.05, 3.63) is 47.5 Å². The van der Waals surface area contributed by atoms with E-state index >= 15 is 0 Å². The van der Waals surface area contributed by atoms with Gasteiger partial charge in [-0.2, -0.15) is 18.3 Å². The lowest BCUT2D eigenvalue weighted by atomic mass is 10.2. The summed E-state index contributed by atoms with van der Waals surface area (Å²) in [5.74, 6) is -0.584. The van der Waals surface area contributed by atoms with Crippen LogP contribution in [0.1, 0.15) is 22.5 Å². The van der Waals surface area contributed by atoms with E-state index in [0.717, 1.165) is 0 Å². The molecule has 0 spiro atoms. The van der Waals surface area contributed by atoms with Gasteiger partial charge < -0.3 is 9.64 Å². The van der Waals surface area contributed by atoms with Crippen LogP contribution in [0.4, 0.5) is 17.6 Å². The fourth-order valence-electron chi connectivity index (χ4n) is 3.41. The molecule has 0 unspecified atom stereocenters. The molecule has 2 aromatic rings. The van der Waals surface area contributed by atoms with Crippen LogP contribution in [-0.4, -0.2) is 77.6 Å². The van der Waals surface area contributed by atoms with Crippen molar-refractivity contribution in [2.75, 3.05) is 45.9 Å². The van der Waals surface area contributed by atoms with E-state index < -0.39 is 18.6 Å². The van der Waals surface area contributed by atoms with Gasteiger partial charge in [-0.1, -0.05) is 12.1 Å². The smallest absolute Gasteiger partial charge is 0.372 e. The van der Waals surface area contributed by atoms with Gasteiger partial charge in [-0.15, -0.1) is 0 Å². The molecule has 30 heavy (non-hydrogen) atoms. The number of hydrogen-bond acceptors (Lipinski definition) is 4. The van der Waals surface area contributed by atoms with Crippen LogP contribution in [0, 0.1) is 12.7 Å². The van der Waals surface area contributed by atoms with Gasteiger partial charge in [0.15, 0.2) is 0 Å². The zero-order valence-corrected chi connectivity index (χ0v) is 16.7. The van der Waals surface area contributed by atoms with Crippen LogP contribution in [0.15, 0.2) is 30.5 Å². The molecule has 2 heterocycles. The molecule has 1 amide bonds. The van der Waals surface area contributed by atoms with E-state index in [4.69, 9.17) is 0 Å². The average Bonchev–Trinajstić information content (AvgIpc) is 3.08. The summed E-state index contributed by atoms with van der Waals surface area (Å²) in [7, 11) is 0. The Balaban J connectivity index is 1.50. The largest absolute Gasteiger partial charge is 0.411 e. The first-order valence-corrected chi connectivity index (χ1v) is 9.72. The molecule has 0 aliphatic carbocycles. The van der Waals surface area contributed by atoms with Gasteiger partial charge in [-0.3, -0.25) is 9.69 Å². The van der Waals surface area contributed by atoms with Crippen LogP contribution in [0.3, 0.4) is 0 Å². The maximum atomic E-state index is 14.0. The fraction of sp³-hybridized carbons (Fsp3) is 0.500. The summed E-state index contributed by atoms with van der Waals surface area (Å²) in [6.45, 7) is 3.44. The Kier molecular flexibility index (Phi) is 7.09. The number of hydrogen-bond donors (Lipinski definition) is 0. The van der Waals surface area contributed by atoms with Crippen molar-refractivity contribution in [1.82, 2.24) is 19.6 Å². The third-order valence-electron chi connectivity index (χ3n) is 5.01. The zero-order valence-electron chi connectivity index (χ0n) is 16.7. The van der Waals surface area contributed by atoms with E-state index in [0.29, 0.717) is 50.4 Å². The van der Waals surface area contributed by atoms with Crippen molar-refractivity contribution in [2.24, 2.45) is 0 Å². The molecule has 164 valence electrons. The number of carbonyl (C=O) groups is 1. The van der Waals surface area contributed by atoms with Gasteiger partial charge in [0.1, 0.15) is 18.1 Å². The minimum Gasteiger partial charge on any atom is -0.372 e. The van der Waals surface area contributed by atoms with E-state index in [1.54, 1.807) is 30.0 Å². The third kappa shape index (κ3) is 5.57. The van der Waals surface area contributed by atoms with Gasteiger partial charge in [0, 0.05) is 39.3 Å². The Morgan fingerprint density at radius 2 is 1.87 bits per heavy atom. The molecule has 1 aromatic carbocycles. The van der Waals surface area contributed by atoms with Gasteiger partial charge in [0.25, 0.3) is 5.91 Å². The van der Waals surface area contributed by atoms with Crippen LogP contribution in [0.2, 0.25) is 0 Å². The molecular weight excluding hydrogens is 404 g/mol. The third-order valence-corrected chi connectivity index (χ3v) is 5.01. The number of para-hydroxylation sites is 1. The van der Waals surface area contributed by atoms with Gasteiger partial charge in [0.05, 0.1) is 17.5 Å². The molecule has 3 rings (SSSR count). The average molecular weight is 428 g/mol. The number of carbonyl (C=O) groups excluding carboxylic acids is 1. The second-order valence-corrected chi connectivity index (χ2v) is 7.16. The molecule has 0 saturated carbocycles. The minimum atomic E-state index is -4.30. The van der Waals surface area contributed by atoms with E-state index in [1.807, 2.05) is 0 Å². The van der Waals surface area contributed by atoms with Gasteiger partial charge in [-0.05, 0) is 25.5 Å². The van der Waals surface area contributed by atoms with Crippen LogP contribution in [0.25, 0.3) is 5.69 Å². The topological polar surface area (TPSA) is 50.6 Å². The number of alkyl halides is 3. The van der Waals surface area contributed by atoms with Crippen LogP contribution in [0.5, 0.6) is 0 Å². The summed E-state index contributed by atoms with van der Waals surface area (Å²) in [6.07, 6.45) is -2.35. The molecular formula is C20H24F4N4O2. The predicted octanol–water partition coefficient (Wildman–Crippen LogP) is 3.05. The van der Waals surface area contributed by atoms with Gasteiger partial charge in [0.2, 0.25) is 0 Å². The normalized spacial score (nSPS) is 15.6. The highest BCUT2D eigenvalue weighted by molar-refractivity contribution is 5.95. The van der Waals surface area contributed by atoms with Crippen molar-refractivity contribution in [3.63, 3.8) is 0 Å². The lowest BCUT2D eigenvalue weighted by Crippen LogP contribution is -2.49. The molecule has 0 radical (unpaired) electrons. The highest BCUT2D eigenvalue weighted by Gasteiger charge is 2.28. The Bertz CT molecular complexity index is 861. The molecule has 0 bridgehead atoms. The molecule has 1 aliphatic rings. The first-order chi connectivity index (χ1) is 14.3. The summed E-state index contributed by atoms with van der Waals surface area (Å²) in [5.41, 5.74) is 1.27. The summed E-state index contributed by atoms with van der Waals surface area (Å²) in [5, 5.41) is 4.18. The SMILES string of the molecule is Cc1c(C(=O)N2CCN(CCCOCC(F)(F)F)CC2)cnn1-c1ccccc1F. The molecule has 1 aromatic heterocycles. The number of amides is 1. The van der Waals surface area contributed by atoms with Crippen molar-refractivity contribution in [3.8, 4) is 5.69 Å². The van der Waals surface area contributed by atoms with Crippen molar-refractivity contribution in [2.45, 2.75) is 19.5 Å². The lowest BCUT2D eigenvalue weighted by molar-refractivity contribution is -0.174. The Hall–Kier alpha value is -2.46. The number of halogens is 4.